The average Bonchev–Trinajstić information content (AvgIpc) is 3.66. The standard InChI is InChI=1S/C27H23ClFN3O5/c28-16-10-18-25(32-27(30-18)37-21-12-35-23-19(33)11-34-24(21)23)31-26(16)36-20-7-6-14-8-15(9-17(29)22(14)20)13-4-2-1-3-5-13/h1-5,8-10,19-21,23-24,33H,6-7,11-12H2,(H,30,31,32)/t19-,20?,21-,23-,24-/m1/s1. The van der Waals surface area contributed by atoms with Crippen LogP contribution in [0.1, 0.15) is 23.7 Å². The minimum atomic E-state index is -0.662. The number of hydrogen-bond donors (Lipinski definition) is 2. The summed E-state index contributed by atoms with van der Waals surface area (Å²) in [7, 11) is 0. The molecule has 0 saturated carbocycles. The second-order valence-electron chi connectivity index (χ2n) is 9.55. The van der Waals surface area contributed by atoms with Gasteiger partial charge in [-0.15, -0.1) is 0 Å². The number of rotatable bonds is 5. The van der Waals surface area contributed by atoms with E-state index < -0.39 is 24.4 Å². The zero-order valence-corrected chi connectivity index (χ0v) is 20.3. The average molecular weight is 524 g/mol. The van der Waals surface area contributed by atoms with Crippen LogP contribution in [0.4, 0.5) is 4.39 Å². The number of aliphatic hydroxyl groups excluding tert-OH is 1. The Morgan fingerprint density at radius 1 is 1.00 bits per heavy atom. The molecule has 2 saturated heterocycles. The van der Waals surface area contributed by atoms with Crippen molar-refractivity contribution in [1.29, 1.82) is 0 Å². The number of imidazole rings is 1. The SMILES string of the molecule is O[C@@H]1CO[C@H]2[C@@H]1OC[C@H]2Oc1nc2nc(OC3CCc4cc(-c5ccccc5)cc(F)c43)c(Cl)cc2[nH]1. The molecule has 0 amide bonds. The number of nitrogens with zero attached hydrogens (tertiary/aromatic N) is 2. The first-order valence-electron chi connectivity index (χ1n) is 12.2. The van der Waals surface area contributed by atoms with Crippen molar-refractivity contribution in [2.24, 2.45) is 0 Å². The Morgan fingerprint density at radius 3 is 2.70 bits per heavy atom. The molecule has 0 bridgehead atoms. The van der Waals surface area contributed by atoms with Crippen molar-refractivity contribution in [2.45, 2.75) is 43.4 Å². The molecule has 2 N–H and O–H groups in total. The first-order chi connectivity index (χ1) is 18.0. The molecule has 10 heteroatoms. The lowest BCUT2D eigenvalue weighted by molar-refractivity contribution is 0.00706. The quantitative estimate of drug-likeness (QED) is 0.400. The maximum atomic E-state index is 15.3. The van der Waals surface area contributed by atoms with E-state index in [2.05, 4.69) is 15.0 Å². The van der Waals surface area contributed by atoms with Crippen LogP contribution < -0.4 is 9.47 Å². The lowest BCUT2D eigenvalue weighted by Crippen LogP contribution is -2.34. The minimum absolute atomic E-state index is 0.183. The van der Waals surface area contributed by atoms with Gasteiger partial charge in [0.2, 0.25) is 5.88 Å². The molecule has 0 spiro atoms. The molecule has 5 atom stereocenters. The van der Waals surface area contributed by atoms with Gasteiger partial charge in [-0.05, 0) is 41.7 Å². The number of ether oxygens (including phenoxy) is 4. The largest absolute Gasteiger partial charge is 0.468 e. The van der Waals surface area contributed by atoms with Crippen LogP contribution in [-0.4, -0.2) is 57.7 Å². The van der Waals surface area contributed by atoms with E-state index >= 15 is 4.39 Å². The van der Waals surface area contributed by atoms with Crippen molar-refractivity contribution in [2.75, 3.05) is 13.2 Å². The summed E-state index contributed by atoms with van der Waals surface area (Å²) in [5.41, 5.74) is 4.20. The number of H-pyrrole nitrogens is 1. The van der Waals surface area contributed by atoms with Crippen LogP contribution in [0, 0.1) is 5.82 Å². The summed E-state index contributed by atoms with van der Waals surface area (Å²) in [5.74, 6) is -0.119. The number of fused-ring (bicyclic) bond motifs is 3. The van der Waals surface area contributed by atoms with Crippen molar-refractivity contribution in [3.63, 3.8) is 0 Å². The molecule has 8 nitrogen and oxygen atoms in total. The molecule has 2 aromatic heterocycles. The molecule has 0 radical (unpaired) electrons. The lowest BCUT2D eigenvalue weighted by atomic mass is 9.99. The summed E-state index contributed by atoms with van der Waals surface area (Å²) in [6.07, 6.45) is -1.03. The number of aromatic amines is 1. The van der Waals surface area contributed by atoms with Crippen molar-refractivity contribution >= 4 is 22.8 Å². The Morgan fingerprint density at radius 2 is 1.84 bits per heavy atom. The number of aliphatic hydroxyl groups is 1. The molecule has 2 fully saturated rings. The molecule has 7 rings (SSSR count). The van der Waals surface area contributed by atoms with Gasteiger partial charge in [-0.3, -0.25) is 0 Å². The maximum Gasteiger partial charge on any atom is 0.296 e. The first kappa shape index (κ1) is 22.9. The van der Waals surface area contributed by atoms with Crippen LogP contribution >= 0.6 is 11.6 Å². The topological polar surface area (TPSA) is 98.7 Å². The van der Waals surface area contributed by atoms with Gasteiger partial charge < -0.3 is 29.0 Å². The third kappa shape index (κ3) is 4.02. The molecule has 2 aliphatic heterocycles. The molecule has 3 aliphatic rings. The third-order valence-electron chi connectivity index (χ3n) is 7.19. The van der Waals surface area contributed by atoms with E-state index in [0.717, 1.165) is 16.7 Å². The number of pyridine rings is 1. The molecule has 1 aliphatic carbocycles. The van der Waals surface area contributed by atoms with E-state index in [1.165, 1.54) is 0 Å². The number of hydrogen-bond acceptors (Lipinski definition) is 7. The number of benzene rings is 2. The second-order valence-corrected chi connectivity index (χ2v) is 9.96. The first-order valence-corrected chi connectivity index (χ1v) is 12.6. The van der Waals surface area contributed by atoms with Crippen molar-refractivity contribution in [3.8, 4) is 23.0 Å². The molecule has 4 heterocycles. The van der Waals surface area contributed by atoms with Crippen LogP contribution in [0.2, 0.25) is 5.02 Å². The predicted molar refractivity (Wildman–Crippen MR) is 132 cm³/mol. The summed E-state index contributed by atoms with van der Waals surface area (Å²) in [5, 5.41) is 10.2. The second kappa shape index (κ2) is 8.95. The highest BCUT2D eigenvalue weighted by Gasteiger charge is 2.48. The third-order valence-corrected chi connectivity index (χ3v) is 7.46. The van der Waals surface area contributed by atoms with E-state index in [1.54, 1.807) is 12.1 Å². The van der Waals surface area contributed by atoms with Gasteiger partial charge in [0.1, 0.15) is 35.3 Å². The van der Waals surface area contributed by atoms with E-state index in [0.29, 0.717) is 29.6 Å². The Balaban J connectivity index is 1.12. The Hall–Kier alpha value is -3.24. The maximum absolute atomic E-state index is 15.3. The summed E-state index contributed by atoms with van der Waals surface area (Å²) >= 11 is 6.48. The van der Waals surface area contributed by atoms with Crippen LogP contribution in [0.5, 0.6) is 11.9 Å². The van der Waals surface area contributed by atoms with Gasteiger partial charge >= 0.3 is 0 Å². The Labute approximate surface area is 216 Å². The Bertz CT molecular complexity index is 1480. The van der Waals surface area contributed by atoms with E-state index in [1.807, 2.05) is 36.4 Å². The van der Waals surface area contributed by atoms with Gasteiger partial charge in [0.25, 0.3) is 6.01 Å². The smallest absolute Gasteiger partial charge is 0.296 e. The normalized spacial score (nSPS) is 26.4. The fourth-order valence-electron chi connectivity index (χ4n) is 5.43. The summed E-state index contributed by atoms with van der Waals surface area (Å²) < 4.78 is 38.5. The molecule has 2 aromatic carbocycles. The summed E-state index contributed by atoms with van der Waals surface area (Å²) in [6, 6.07) is 15.2. The van der Waals surface area contributed by atoms with Gasteiger partial charge in [0, 0.05) is 5.56 Å². The highest BCUT2D eigenvalue weighted by Crippen LogP contribution is 2.40. The van der Waals surface area contributed by atoms with Crippen molar-refractivity contribution < 1.29 is 28.4 Å². The van der Waals surface area contributed by atoms with Gasteiger partial charge in [-0.2, -0.15) is 9.97 Å². The van der Waals surface area contributed by atoms with Gasteiger partial charge in [0.15, 0.2) is 11.8 Å². The summed E-state index contributed by atoms with van der Waals surface area (Å²) in [6.45, 7) is 0.496. The lowest BCUT2D eigenvalue weighted by Gasteiger charge is -2.16. The van der Waals surface area contributed by atoms with Crippen LogP contribution in [0.15, 0.2) is 48.5 Å². The molecule has 190 valence electrons. The van der Waals surface area contributed by atoms with Crippen LogP contribution in [0.3, 0.4) is 0 Å². The van der Waals surface area contributed by atoms with Crippen LogP contribution in [-0.2, 0) is 15.9 Å². The predicted octanol–water partition coefficient (Wildman–Crippen LogP) is 4.39. The molecular weight excluding hydrogens is 501 g/mol. The van der Waals surface area contributed by atoms with E-state index in [4.69, 9.17) is 30.5 Å². The number of aryl methyl sites for hydroxylation is 1. The minimum Gasteiger partial charge on any atom is -0.468 e. The molecule has 1 unspecified atom stereocenters. The van der Waals surface area contributed by atoms with Crippen molar-refractivity contribution in [1.82, 2.24) is 15.0 Å². The zero-order chi connectivity index (χ0) is 25.1. The highest BCUT2D eigenvalue weighted by atomic mass is 35.5. The highest BCUT2D eigenvalue weighted by molar-refractivity contribution is 6.32. The molecule has 4 aromatic rings. The molecule has 37 heavy (non-hydrogen) atoms. The number of aromatic nitrogens is 3. The van der Waals surface area contributed by atoms with E-state index in [-0.39, 0.29) is 42.0 Å². The van der Waals surface area contributed by atoms with Gasteiger partial charge in [-0.25, -0.2) is 4.39 Å². The van der Waals surface area contributed by atoms with Gasteiger partial charge in [-0.1, -0.05) is 48.0 Å². The molecular formula is C27H23ClFN3O5. The Kier molecular flexibility index (Phi) is 5.54. The zero-order valence-electron chi connectivity index (χ0n) is 19.6. The van der Waals surface area contributed by atoms with Crippen molar-refractivity contribution in [3.05, 3.63) is 70.5 Å². The monoisotopic (exact) mass is 523 g/mol. The summed E-state index contributed by atoms with van der Waals surface area (Å²) in [4.78, 5) is 11.9. The van der Waals surface area contributed by atoms with E-state index in [9.17, 15) is 5.11 Å². The van der Waals surface area contributed by atoms with Crippen LogP contribution in [0.25, 0.3) is 22.3 Å². The van der Waals surface area contributed by atoms with Gasteiger partial charge in [0.05, 0.1) is 18.7 Å². The number of nitrogens with one attached hydrogen (secondary N) is 1. The fourth-order valence-corrected chi connectivity index (χ4v) is 5.63. The number of halogens is 2. The fraction of sp³-hybridized carbons (Fsp3) is 0.333.